The van der Waals surface area contributed by atoms with Crippen LogP contribution >= 0.6 is 11.8 Å². The maximum absolute atomic E-state index is 5.72. The minimum absolute atomic E-state index is 0.173. The zero-order valence-electron chi connectivity index (χ0n) is 7.56. The van der Waals surface area contributed by atoms with Crippen LogP contribution in [0.5, 0.6) is 0 Å². The first-order valence-corrected chi connectivity index (χ1v) is 4.75. The lowest BCUT2D eigenvalue weighted by molar-refractivity contribution is 0.718. The van der Waals surface area contributed by atoms with Crippen molar-refractivity contribution in [1.82, 2.24) is 14.8 Å². The number of thioether (sulfide) groups is 1. The van der Waals surface area contributed by atoms with E-state index < -0.39 is 0 Å². The van der Waals surface area contributed by atoms with Gasteiger partial charge < -0.3 is 10.3 Å². The third-order valence-corrected chi connectivity index (χ3v) is 3.08. The van der Waals surface area contributed by atoms with Gasteiger partial charge >= 0.3 is 0 Å². The quantitative estimate of drug-likeness (QED) is 0.704. The maximum Gasteiger partial charge on any atom is 0.191 e. The molecule has 0 amide bonds. The molecule has 2 N–H and O–H groups in total. The van der Waals surface area contributed by atoms with Gasteiger partial charge in [0.05, 0.1) is 0 Å². The van der Waals surface area contributed by atoms with E-state index in [4.69, 9.17) is 5.73 Å². The molecule has 1 rings (SSSR count). The number of rotatable bonds is 3. The fraction of sp³-hybridized carbons (Fsp3) is 0.714. The minimum Gasteiger partial charge on any atom is -0.327 e. The SMILES string of the molecule is CC(N)C(C)Sc1nncn1C. The summed E-state index contributed by atoms with van der Waals surface area (Å²) in [7, 11) is 1.93. The number of aromatic nitrogens is 3. The Morgan fingerprint density at radius 1 is 1.58 bits per heavy atom. The summed E-state index contributed by atoms with van der Waals surface area (Å²) in [6, 6.07) is 0.173. The molecule has 0 aliphatic rings. The number of hydrogen-bond donors (Lipinski definition) is 1. The molecule has 68 valence electrons. The summed E-state index contributed by atoms with van der Waals surface area (Å²) in [5, 5.41) is 9.03. The van der Waals surface area contributed by atoms with E-state index in [2.05, 4.69) is 17.1 Å². The molecule has 0 aromatic carbocycles. The van der Waals surface area contributed by atoms with Crippen LogP contribution in [0.4, 0.5) is 0 Å². The zero-order valence-corrected chi connectivity index (χ0v) is 8.38. The van der Waals surface area contributed by atoms with Crippen molar-refractivity contribution in [3.05, 3.63) is 6.33 Å². The molecule has 0 saturated carbocycles. The van der Waals surface area contributed by atoms with Gasteiger partial charge in [0.2, 0.25) is 0 Å². The summed E-state index contributed by atoms with van der Waals surface area (Å²) in [4.78, 5) is 0. The van der Waals surface area contributed by atoms with Crippen molar-refractivity contribution in [2.45, 2.75) is 30.3 Å². The van der Waals surface area contributed by atoms with Crippen molar-refractivity contribution in [3.8, 4) is 0 Å². The van der Waals surface area contributed by atoms with E-state index in [0.717, 1.165) is 5.16 Å². The summed E-state index contributed by atoms with van der Waals surface area (Å²) < 4.78 is 1.89. The van der Waals surface area contributed by atoms with Crippen LogP contribution in [-0.4, -0.2) is 26.1 Å². The van der Waals surface area contributed by atoms with E-state index in [0.29, 0.717) is 5.25 Å². The van der Waals surface area contributed by atoms with Crippen LogP contribution in [0.2, 0.25) is 0 Å². The molecular weight excluding hydrogens is 172 g/mol. The third kappa shape index (κ3) is 2.22. The van der Waals surface area contributed by atoms with Gasteiger partial charge in [-0.25, -0.2) is 0 Å². The molecule has 0 aliphatic carbocycles. The topological polar surface area (TPSA) is 56.7 Å². The van der Waals surface area contributed by atoms with Crippen molar-refractivity contribution in [2.24, 2.45) is 12.8 Å². The normalized spacial score (nSPS) is 16.0. The molecule has 0 radical (unpaired) electrons. The van der Waals surface area contributed by atoms with Crippen molar-refractivity contribution in [1.29, 1.82) is 0 Å². The fourth-order valence-electron chi connectivity index (χ4n) is 0.653. The average molecular weight is 186 g/mol. The highest BCUT2D eigenvalue weighted by Gasteiger charge is 2.11. The molecule has 1 aromatic rings. The highest BCUT2D eigenvalue weighted by Crippen LogP contribution is 2.21. The minimum atomic E-state index is 0.173. The Hall–Kier alpha value is -0.550. The first-order valence-electron chi connectivity index (χ1n) is 3.87. The van der Waals surface area contributed by atoms with Crippen LogP contribution in [0.25, 0.3) is 0 Å². The molecular formula is C7H14N4S. The molecule has 2 unspecified atom stereocenters. The lowest BCUT2D eigenvalue weighted by Gasteiger charge is -2.13. The van der Waals surface area contributed by atoms with Crippen LogP contribution in [0.1, 0.15) is 13.8 Å². The summed E-state index contributed by atoms with van der Waals surface area (Å²) >= 11 is 1.65. The van der Waals surface area contributed by atoms with Crippen molar-refractivity contribution >= 4 is 11.8 Å². The van der Waals surface area contributed by atoms with Gasteiger partial charge in [0, 0.05) is 18.3 Å². The van der Waals surface area contributed by atoms with Crippen molar-refractivity contribution < 1.29 is 0 Å². The number of nitrogens with two attached hydrogens (primary N) is 1. The molecule has 0 bridgehead atoms. The van der Waals surface area contributed by atoms with E-state index in [9.17, 15) is 0 Å². The Morgan fingerprint density at radius 2 is 2.25 bits per heavy atom. The Bertz CT molecular complexity index is 245. The van der Waals surface area contributed by atoms with Crippen LogP contribution in [0.15, 0.2) is 11.5 Å². The molecule has 0 saturated heterocycles. The molecule has 0 aliphatic heterocycles. The monoisotopic (exact) mass is 186 g/mol. The molecule has 1 heterocycles. The Morgan fingerprint density at radius 3 is 2.67 bits per heavy atom. The summed E-state index contributed by atoms with van der Waals surface area (Å²) in [5.41, 5.74) is 5.72. The highest BCUT2D eigenvalue weighted by atomic mass is 32.2. The fourth-order valence-corrected chi connectivity index (χ4v) is 1.51. The van der Waals surface area contributed by atoms with Gasteiger partial charge in [-0.15, -0.1) is 10.2 Å². The van der Waals surface area contributed by atoms with Crippen LogP contribution in [-0.2, 0) is 7.05 Å². The first-order chi connectivity index (χ1) is 5.61. The Labute approximate surface area is 76.5 Å². The third-order valence-electron chi connectivity index (χ3n) is 1.70. The largest absolute Gasteiger partial charge is 0.327 e. The predicted molar refractivity (Wildman–Crippen MR) is 50.0 cm³/mol. The van der Waals surface area contributed by atoms with E-state index in [1.165, 1.54) is 0 Å². The van der Waals surface area contributed by atoms with Gasteiger partial charge in [-0.05, 0) is 6.92 Å². The lowest BCUT2D eigenvalue weighted by Crippen LogP contribution is -2.26. The van der Waals surface area contributed by atoms with E-state index >= 15 is 0 Å². The summed E-state index contributed by atoms with van der Waals surface area (Å²) in [6.45, 7) is 4.08. The molecule has 0 spiro atoms. The van der Waals surface area contributed by atoms with Gasteiger partial charge in [-0.1, -0.05) is 18.7 Å². The maximum atomic E-state index is 5.72. The van der Waals surface area contributed by atoms with E-state index in [1.807, 2.05) is 18.5 Å². The average Bonchev–Trinajstić information content (AvgIpc) is 2.36. The predicted octanol–water partition coefficient (Wildman–Crippen LogP) is 0.643. The number of aryl methyl sites for hydroxylation is 1. The van der Waals surface area contributed by atoms with E-state index in [-0.39, 0.29) is 6.04 Å². The number of hydrogen-bond acceptors (Lipinski definition) is 4. The second-order valence-corrected chi connectivity index (χ2v) is 4.25. The molecule has 0 fully saturated rings. The number of nitrogens with zero attached hydrogens (tertiary/aromatic N) is 3. The van der Waals surface area contributed by atoms with Gasteiger partial charge in [0.1, 0.15) is 6.33 Å². The molecule has 12 heavy (non-hydrogen) atoms. The molecule has 2 atom stereocenters. The Kier molecular flexibility index (Phi) is 3.11. The summed E-state index contributed by atoms with van der Waals surface area (Å²) in [6.07, 6.45) is 1.69. The van der Waals surface area contributed by atoms with Crippen molar-refractivity contribution in [3.63, 3.8) is 0 Å². The second-order valence-electron chi connectivity index (χ2n) is 2.91. The smallest absolute Gasteiger partial charge is 0.191 e. The van der Waals surface area contributed by atoms with Crippen LogP contribution in [0.3, 0.4) is 0 Å². The zero-order chi connectivity index (χ0) is 9.14. The van der Waals surface area contributed by atoms with Gasteiger partial charge in [-0.3, -0.25) is 0 Å². The van der Waals surface area contributed by atoms with Crippen LogP contribution in [0, 0.1) is 0 Å². The van der Waals surface area contributed by atoms with Gasteiger partial charge in [0.15, 0.2) is 5.16 Å². The van der Waals surface area contributed by atoms with E-state index in [1.54, 1.807) is 18.1 Å². The highest BCUT2D eigenvalue weighted by molar-refractivity contribution is 7.99. The second kappa shape index (κ2) is 3.91. The standard InChI is InChI=1S/C7H14N4S/c1-5(8)6(2)12-7-10-9-4-11(7)3/h4-6H,8H2,1-3H3. The lowest BCUT2D eigenvalue weighted by atomic mass is 10.3. The molecule has 1 aromatic heterocycles. The van der Waals surface area contributed by atoms with Gasteiger partial charge in [-0.2, -0.15) is 0 Å². The Balaban J connectivity index is 2.58. The molecule has 5 heteroatoms. The molecule has 4 nitrogen and oxygen atoms in total. The summed E-state index contributed by atoms with van der Waals surface area (Å²) in [5.74, 6) is 0. The van der Waals surface area contributed by atoms with Gasteiger partial charge in [0.25, 0.3) is 0 Å². The van der Waals surface area contributed by atoms with Crippen molar-refractivity contribution in [2.75, 3.05) is 0 Å². The van der Waals surface area contributed by atoms with Crippen LogP contribution < -0.4 is 5.73 Å². The first kappa shape index (κ1) is 9.54.